The number of rotatable bonds is 7. The van der Waals surface area contributed by atoms with E-state index in [2.05, 4.69) is 20.1 Å². The van der Waals surface area contributed by atoms with Crippen LogP contribution in [0.2, 0.25) is 0 Å². The van der Waals surface area contributed by atoms with Crippen molar-refractivity contribution in [1.29, 1.82) is 0 Å². The van der Waals surface area contributed by atoms with Gasteiger partial charge in [-0.1, -0.05) is 13.0 Å². The van der Waals surface area contributed by atoms with E-state index in [1.807, 2.05) is 0 Å². The summed E-state index contributed by atoms with van der Waals surface area (Å²) in [4.78, 5) is 16.2. The molecule has 0 saturated heterocycles. The Morgan fingerprint density at radius 3 is 2.68 bits per heavy atom. The summed E-state index contributed by atoms with van der Waals surface area (Å²) in [5.41, 5.74) is 0.970. The highest BCUT2D eigenvalue weighted by Gasteiger charge is 2.13. The molecule has 3 aromatic rings. The fourth-order valence-corrected chi connectivity index (χ4v) is 3.66. The van der Waals surface area contributed by atoms with Crippen LogP contribution < -0.4 is 10.0 Å². The summed E-state index contributed by atoms with van der Waals surface area (Å²) in [6, 6.07) is 10.2. The molecule has 146 valence electrons. The molecule has 1 heterocycles. The number of nitrogens with one attached hydrogen (secondary N) is 2. The highest BCUT2D eigenvalue weighted by Crippen LogP contribution is 2.19. The first-order valence-electron chi connectivity index (χ1n) is 8.44. The predicted molar refractivity (Wildman–Crippen MR) is 103 cm³/mol. The lowest BCUT2D eigenvalue weighted by molar-refractivity contribution is 0.102. The van der Waals surface area contributed by atoms with Gasteiger partial charge in [-0.3, -0.25) is 9.52 Å². The van der Waals surface area contributed by atoms with Crippen molar-refractivity contribution in [2.24, 2.45) is 0 Å². The molecule has 1 amide bonds. The zero-order chi connectivity index (χ0) is 20.1. The Morgan fingerprint density at radius 2 is 2.00 bits per heavy atom. The van der Waals surface area contributed by atoms with Crippen molar-refractivity contribution in [2.45, 2.75) is 13.3 Å². The SMILES string of the molecule is CCCS(=O)(=O)Nc1cccc(C(=O)Nc2ccc(-n3cncn3)c(F)c2)c1. The van der Waals surface area contributed by atoms with Gasteiger partial charge in [-0.15, -0.1) is 0 Å². The molecule has 0 atom stereocenters. The van der Waals surface area contributed by atoms with Gasteiger partial charge in [0.15, 0.2) is 5.82 Å². The molecule has 0 fully saturated rings. The highest BCUT2D eigenvalue weighted by molar-refractivity contribution is 7.92. The highest BCUT2D eigenvalue weighted by atomic mass is 32.2. The largest absolute Gasteiger partial charge is 0.322 e. The number of anilines is 2. The van der Waals surface area contributed by atoms with E-state index in [4.69, 9.17) is 0 Å². The van der Waals surface area contributed by atoms with Crippen LogP contribution >= 0.6 is 0 Å². The van der Waals surface area contributed by atoms with Crippen molar-refractivity contribution in [3.63, 3.8) is 0 Å². The Balaban J connectivity index is 1.75. The van der Waals surface area contributed by atoms with Crippen LogP contribution in [0, 0.1) is 5.82 Å². The van der Waals surface area contributed by atoms with Crippen LogP contribution in [0.3, 0.4) is 0 Å². The second-order valence-corrected chi connectivity index (χ2v) is 7.80. The number of carbonyl (C=O) groups is 1. The Bertz CT molecular complexity index is 1080. The average Bonchev–Trinajstić information content (AvgIpc) is 3.16. The number of carbonyl (C=O) groups excluding carboxylic acids is 1. The van der Waals surface area contributed by atoms with E-state index in [-0.39, 0.29) is 28.4 Å². The molecule has 0 aliphatic heterocycles. The molecule has 2 aromatic carbocycles. The summed E-state index contributed by atoms with van der Waals surface area (Å²) in [6.07, 6.45) is 3.13. The van der Waals surface area contributed by atoms with Crippen molar-refractivity contribution in [2.75, 3.05) is 15.8 Å². The third kappa shape index (κ3) is 4.71. The van der Waals surface area contributed by atoms with Crippen molar-refractivity contribution < 1.29 is 17.6 Å². The Kier molecular flexibility index (Phi) is 5.69. The van der Waals surface area contributed by atoms with Crippen molar-refractivity contribution >= 4 is 27.3 Å². The first kappa shape index (κ1) is 19.5. The van der Waals surface area contributed by atoms with Gasteiger partial charge in [-0.25, -0.2) is 22.5 Å². The van der Waals surface area contributed by atoms with E-state index < -0.39 is 21.7 Å². The molecule has 0 radical (unpaired) electrons. The second-order valence-electron chi connectivity index (χ2n) is 5.96. The van der Waals surface area contributed by atoms with E-state index in [1.165, 1.54) is 47.7 Å². The number of hydrogen-bond donors (Lipinski definition) is 2. The molecule has 3 rings (SSSR count). The Hall–Kier alpha value is -3.27. The van der Waals surface area contributed by atoms with Crippen LogP contribution in [-0.2, 0) is 10.0 Å². The second kappa shape index (κ2) is 8.17. The minimum absolute atomic E-state index is 0.0131. The average molecular weight is 403 g/mol. The number of benzene rings is 2. The summed E-state index contributed by atoms with van der Waals surface area (Å²) in [7, 11) is -3.46. The van der Waals surface area contributed by atoms with Crippen molar-refractivity contribution in [1.82, 2.24) is 14.8 Å². The first-order valence-corrected chi connectivity index (χ1v) is 10.1. The van der Waals surface area contributed by atoms with Gasteiger partial charge in [-0.2, -0.15) is 5.10 Å². The normalized spacial score (nSPS) is 11.2. The predicted octanol–water partition coefficient (Wildman–Crippen LogP) is 2.81. The lowest BCUT2D eigenvalue weighted by Gasteiger charge is -2.10. The smallest absolute Gasteiger partial charge is 0.255 e. The monoisotopic (exact) mass is 403 g/mol. The van der Waals surface area contributed by atoms with Gasteiger partial charge in [0.1, 0.15) is 18.3 Å². The third-order valence-corrected chi connectivity index (χ3v) is 5.23. The molecule has 0 saturated carbocycles. The summed E-state index contributed by atoms with van der Waals surface area (Å²) < 4.78 is 41.7. The Morgan fingerprint density at radius 1 is 1.18 bits per heavy atom. The number of nitrogens with zero attached hydrogens (tertiary/aromatic N) is 3. The van der Waals surface area contributed by atoms with Gasteiger partial charge in [0.05, 0.1) is 5.75 Å². The first-order chi connectivity index (χ1) is 13.4. The van der Waals surface area contributed by atoms with Crippen LogP contribution in [0.1, 0.15) is 23.7 Å². The summed E-state index contributed by atoms with van der Waals surface area (Å²) >= 11 is 0. The van der Waals surface area contributed by atoms with E-state index in [0.717, 1.165) is 0 Å². The van der Waals surface area contributed by atoms with Gasteiger partial charge in [0.25, 0.3) is 5.91 Å². The van der Waals surface area contributed by atoms with Gasteiger partial charge in [0, 0.05) is 16.9 Å². The molecular weight excluding hydrogens is 385 g/mol. The minimum Gasteiger partial charge on any atom is -0.322 e. The molecule has 2 N–H and O–H groups in total. The maximum Gasteiger partial charge on any atom is 0.255 e. The maximum atomic E-state index is 14.3. The quantitative estimate of drug-likeness (QED) is 0.631. The van der Waals surface area contributed by atoms with Crippen molar-refractivity contribution in [3.8, 4) is 5.69 Å². The van der Waals surface area contributed by atoms with Crippen LogP contribution in [-0.4, -0.2) is 34.8 Å². The van der Waals surface area contributed by atoms with Crippen LogP contribution in [0.4, 0.5) is 15.8 Å². The van der Waals surface area contributed by atoms with Gasteiger partial charge < -0.3 is 5.32 Å². The molecule has 0 aliphatic rings. The van der Waals surface area contributed by atoms with Crippen molar-refractivity contribution in [3.05, 3.63) is 66.5 Å². The lowest BCUT2D eigenvalue weighted by atomic mass is 10.2. The minimum atomic E-state index is -3.46. The molecule has 1 aromatic heterocycles. The molecule has 0 unspecified atom stereocenters. The van der Waals surface area contributed by atoms with E-state index in [0.29, 0.717) is 6.42 Å². The van der Waals surface area contributed by atoms with E-state index in [1.54, 1.807) is 19.1 Å². The zero-order valence-corrected chi connectivity index (χ0v) is 15.8. The Labute approximate surface area is 161 Å². The fourth-order valence-electron chi connectivity index (χ4n) is 2.53. The number of aromatic nitrogens is 3. The van der Waals surface area contributed by atoms with Crippen LogP contribution in [0.5, 0.6) is 0 Å². The molecule has 10 heteroatoms. The standard InChI is InChI=1S/C18H18FN5O3S/c1-2-8-28(26,27)23-15-5-3-4-13(9-15)18(25)22-14-6-7-17(16(19)10-14)24-12-20-11-21-24/h3-7,9-12,23H,2,8H2,1H3,(H,22,25). The van der Waals surface area contributed by atoms with Gasteiger partial charge in [-0.05, 0) is 42.8 Å². The number of halogens is 1. The van der Waals surface area contributed by atoms with Crippen LogP contribution in [0.15, 0.2) is 55.1 Å². The number of hydrogen-bond acceptors (Lipinski definition) is 5. The summed E-state index contributed by atoms with van der Waals surface area (Å²) in [6.45, 7) is 1.76. The molecule has 28 heavy (non-hydrogen) atoms. The number of sulfonamides is 1. The lowest BCUT2D eigenvalue weighted by Crippen LogP contribution is -2.17. The van der Waals surface area contributed by atoms with E-state index in [9.17, 15) is 17.6 Å². The molecular formula is C18H18FN5O3S. The summed E-state index contributed by atoms with van der Waals surface area (Å²) in [5, 5.41) is 6.44. The zero-order valence-electron chi connectivity index (χ0n) is 15.0. The summed E-state index contributed by atoms with van der Waals surface area (Å²) in [5.74, 6) is -1.09. The topological polar surface area (TPSA) is 106 Å². The molecule has 0 aliphatic carbocycles. The van der Waals surface area contributed by atoms with Gasteiger partial charge >= 0.3 is 0 Å². The van der Waals surface area contributed by atoms with E-state index >= 15 is 0 Å². The van der Waals surface area contributed by atoms with Gasteiger partial charge in [0.2, 0.25) is 10.0 Å². The number of amides is 1. The third-order valence-electron chi connectivity index (χ3n) is 3.74. The molecule has 0 bridgehead atoms. The molecule has 8 nitrogen and oxygen atoms in total. The van der Waals surface area contributed by atoms with Crippen LogP contribution in [0.25, 0.3) is 5.69 Å². The maximum absolute atomic E-state index is 14.3. The molecule has 0 spiro atoms. The fraction of sp³-hybridized carbons (Fsp3) is 0.167.